The van der Waals surface area contributed by atoms with E-state index < -0.39 is 5.97 Å². The van der Waals surface area contributed by atoms with Crippen LogP contribution in [0.3, 0.4) is 0 Å². The van der Waals surface area contributed by atoms with Gasteiger partial charge in [0.15, 0.2) is 6.61 Å². The Morgan fingerprint density at radius 3 is 2.13 bits per heavy atom. The smallest absolute Gasteiger partial charge is 0.340 e. The summed E-state index contributed by atoms with van der Waals surface area (Å²) >= 11 is 5.96. The lowest BCUT2D eigenvalue weighted by Gasteiger charge is -2.14. The molecule has 23 heavy (non-hydrogen) atoms. The maximum absolute atomic E-state index is 12.5. The quantitative estimate of drug-likeness (QED) is 0.607. The normalized spacial score (nSPS) is 10.5. The Morgan fingerprint density at radius 2 is 1.57 bits per heavy atom. The molecule has 4 heteroatoms. The van der Waals surface area contributed by atoms with Gasteiger partial charge in [-0.2, -0.15) is 0 Å². The Bertz CT molecular complexity index is 752. The number of ether oxygens (including phenoxy) is 1. The van der Waals surface area contributed by atoms with Crippen LogP contribution in [-0.2, 0) is 4.74 Å². The molecule has 0 aliphatic carbocycles. The van der Waals surface area contributed by atoms with E-state index in [2.05, 4.69) is 6.07 Å². The van der Waals surface area contributed by atoms with Crippen molar-refractivity contribution in [2.24, 2.45) is 0 Å². The molecule has 2 rings (SSSR count). The molecule has 0 aliphatic rings. The molecule has 0 N–H and O–H groups in total. The van der Waals surface area contributed by atoms with E-state index in [0.717, 1.165) is 22.3 Å². The van der Waals surface area contributed by atoms with E-state index in [4.69, 9.17) is 16.3 Å². The van der Waals surface area contributed by atoms with Gasteiger partial charge in [0, 0.05) is 5.56 Å². The first-order valence-corrected chi connectivity index (χ1v) is 7.73. The number of carbonyl (C=O) groups is 2. The van der Waals surface area contributed by atoms with E-state index in [9.17, 15) is 9.59 Å². The van der Waals surface area contributed by atoms with Crippen molar-refractivity contribution in [3.63, 3.8) is 0 Å². The molecule has 0 saturated carbocycles. The van der Waals surface area contributed by atoms with Gasteiger partial charge in [-0.05, 0) is 62.1 Å². The minimum atomic E-state index is -0.594. The summed E-state index contributed by atoms with van der Waals surface area (Å²) in [7, 11) is 0. The fourth-order valence-electron chi connectivity index (χ4n) is 2.54. The second-order valence-corrected chi connectivity index (χ2v) is 6.02. The number of aryl methyl sites for hydroxylation is 2. The highest BCUT2D eigenvalue weighted by atomic mass is 35.5. The summed E-state index contributed by atoms with van der Waals surface area (Å²) < 4.78 is 5.14. The third kappa shape index (κ3) is 3.62. The Morgan fingerprint density at radius 1 is 1.00 bits per heavy atom. The Balaban J connectivity index is 2.18. The number of benzene rings is 2. The minimum Gasteiger partial charge on any atom is -0.454 e. The maximum Gasteiger partial charge on any atom is 0.340 e. The van der Waals surface area contributed by atoms with E-state index in [1.807, 2.05) is 27.7 Å². The largest absolute Gasteiger partial charge is 0.454 e. The first-order chi connectivity index (χ1) is 10.8. The van der Waals surface area contributed by atoms with Crippen molar-refractivity contribution in [3.8, 4) is 0 Å². The number of Topliss-reactive ketones (excluding diaryl/α,β-unsaturated/α-hetero) is 1. The maximum atomic E-state index is 12.5. The van der Waals surface area contributed by atoms with Crippen LogP contribution in [0, 0.1) is 27.7 Å². The van der Waals surface area contributed by atoms with Crippen molar-refractivity contribution in [1.82, 2.24) is 0 Å². The summed E-state index contributed by atoms with van der Waals surface area (Å²) in [5, 5.41) is 0.309. The zero-order valence-electron chi connectivity index (χ0n) is 13.7. The molecule has 3 nitrogen and oxygen atoms in total. The molecule has 0 bridgehead atoms. The van der Waals surface area contributed by atoms with Gasteiger partial charge in [-0.25, -0.2) is 4.79 Å². The van der Waals surface area contributed by atoms with Gasteiger partial charge in [0.1, 0.15) is 0 Å². The molecule has 0 amide bonds. The average Bonchev–Trinajstić information content (AvgIpc) is 2.51. The highest BCUT2D eigenvalue weighted by Gasteiger charge is 2.18. The number of carbonyl (C=O) groups excluding carboxylic acids is 2. The monoisotopic (exact) mass is 330 g/mol. The van der Waals surface area contributed by atoms with Gasteiger partial charge in [-0.15, -0.1) is 0 Å². The molecule has 0 spiro atoms. The van der Waals surface area contributed by atoms with Crippen molar-refractivity contribution in [2.75, 3.05) is 6.61 Å². The lowest BCUT2D eigenvalue weighted by atomic mass is 9.92. The summed E-state index contributed by atoms with van der Waals surface area (Å²) in [6, 6.07) is 8.66. The SMILES string of the molecule is Cc1cc(C)c(C)c(C(=O)COC(=O)c2ccccc2Cl)c1C. The third-order valence-corrected chi connectivity index (χ3v) is 4.40. The van der Waals surface area contributed by atoms with Crippen LogP contribution in [0.5, 0.6) is 0 Å². The predicted octanol–water partition coefficient (Wildman–Crippen LogP) is 4.61. The van der Waals surface area contributed by atoms with Crippen LogP contribution < -0.4 is 0 Å². The van der Waals surface area contributed by atoms with Crippen LogP contribution in [0.25, 0.3) is 0 Å². The summed E-state index contributed by atoms with van der Waals surface area (Å²) in [4.78, 5) is 24.5. The number of ketones is 1. The van der Waals surface area contributed by atoms with Crippen molar-refractivity contribution in [1.29, 1.82) is 0 Å². The van der Waals surface area contributed by atoms with Gasteiger partial charge in [0.05, 0.1) is 10.6 Å². The van der Waals surface area contributed by atoms with E-state index in [1.165, 1.54) is 0 Å². The van der Waals surface area contributed by atoms with Crippen LogP contribution >= 0.6 is 11.6 Å². The van der Waals surface area contributed by atoms with Gasteiger partial charge in [0.2, 0.25) is 5.78 Å². The van der Waals surface area contributed by atoms with Gasteiger partial charge < -0.3 is 4.74 Å². The Hall–Kier alpha value is -2.13. The van der Waals surface area contributed by atoms with Crippen LogP contribution in [0.2, 0.25) is 5.02 Å². The third-order valence-electron chi connectivity index (χ3n) is 4.07. The lowest BCUT2D eigenvalue weighted by Crippen LogP contribution is -2.17. The fraction of sp³-hybridized carbons (Fsp3) is 0.263. The molecule has 0 heterocycles. The first kappa shape index (κ1) is 17.2. The molecule has 2 aromatic rings. The highest BCUT2D eigenvalue weighted by Crippen LogP contribution is 2.22. The molecule has 0 saturated heterocycles. The van der Waals surface area contributed by atoms with Crippen LogP contribution in [-0.4, -0.2) is 18.4 Å². The standard InChI is InChI=1S/C19H19ClO3/c1-11-9-12(2)14(4)18(13(11)3)17(21)10-23-19(22)15-7-5-6-8-16(15)20/h5-9H,10H2,1-4H3. The molecule has 120 valence electrons. The summed E-state index contributed by atoms with van der Waals surface area (Å²) in [6.45, 7) is 7.45. The molecule has 0 aliphatic heterocycles. The van der Waals surface area contributed by atoms with Gasteiger partial charge in [-0.1, -0.05) is 29.8 Å². The molecule has 2 aromatic carbocycles. The average molecular weight is 331 g/mol. The van der Waals surface area contributed by atoms with E-state index in [1.54, 1.807) is 24.3 Å². The Labute approximate surface area is 141 Å². The molecule has 0 unspecified atom stereocenters. The summed E-state index contributed by atoms with van der Waals surface area (Å²) in [6.07, 6.45) is 0. The number of halogens is 1. The highest BCUT2D eigenvalue weighted by molar-refractivity contribution is 6.33. The van der Waals surface area contributed by atoms with E-state index in [0.29, 0.717) is 10.6 Å². The van der Waals surface area contributed by atoms with Gasteiger partial charge in [-0.3, -0.25) is 4.79 Å². The molecular formula is C19H19ClO3. The van der Waals surface area contributed by atoms with E-state index in [-0.39, 0.29) is 18.0 Å². The number of hydrogen-bond acceptors (Lipinski definition) is 3. The zero-order valence-corrected chi connectivity index (χ0v) is 14.5. The Kier molecular flexibility index (Phi) is 5.22. The summed E-state index contributed by atoms with van der Waals surface area (Å²) in [5.74, 6) is -0.796. The minimum absolute atomic E-state index is 0.202. The predicted molar refractivity (Wildman–Crippen MR) is 91.5 cm³/mol. The molecule has 0 atom stereocenters. The lowest BCUT2D eigenvalue weighted by molar-refractivity contribution is 0.0474. The van der Waals surface area contributed by atoms with Gasteiger partial charge >= 0.3 is 5.97 Å². The topological polar surface area (TPSA) is 43.4 Å². The van der Waals surface area contributed by atoms with E-state index >= 15 is 0 Å². The zero-order chi connectivity index (χ0) is 17.1. The summed E-state index contributed by atoms with van der Waals surface area (Å²) in [5.41, 5.74) is 4.84. The van der Waals surface area contributed by atoms with Crippen molar-refractivity contribution in [3.05, 3.63) is 68.7 Å². The molecule has 0 radical (unpaired) electrons. The van der Waals surface area contributed by atoms with Crippen LogP contribution in [0.1, 0.15) is 43.0 Å². The molecule has 0 fully saturated rings. The first-order valence-electron chi connectivity index (χ1n) is 7.35. The van der Waals surface area contributed by atoms with Crippen LogP contribution in [0.15, 0.2) is 30.3 Å². The van der Waals surface area contributed by atoms with Crippen LogP contribution in [0.4, 0.5) is 0 Å². The second-order valence-electron chi connectivity index (χ2n) is 5.61. The van der Waals surface area contributed by atoms with Gasteiger partial charge in [0.25, 0.3) is 0 Å². The number of esters is 1. The number of rotatable bonds is 4. The fourth-order valence-corrected chi connectivity index (χ4v) is 2.76. The van der Waals surface area contributed by atoms with Crippen molar-refractivity contribution >= 4 is 23.4 Å². The van der Waals surface area contributed by atoms with Crippen molar-refractivity contribution in [2.45, 2.75) is 27.7 Å². The second kappa shape index (κ2) is 6.97. The number of hydrogen-bond donors (Lipinski definition) is 0. The van der Waals surface area contributed by atoms with Crippen molar-refractivity contribution < 1.29 is 14.3 Å². The molecule has 0 aromatic heterocycles. The molecular weight excluding hydrogens is 312 g/mol.